The molecule has 0 aliphatic heterocycles. The second-order valence-corrected chi connectivity index (χ2v) is 18.4. The van der Waals surface area contributed by atoms with E-state index >= 15 is 0 Å². The van der Waals surface area contributed by atoms with Crippen LogP contribution >= 0.6 is 0 Å². The third-order valence-corrected chi connectivity index (χ3v) is 13.7. The van der Waals surface area contributed by atoms with E-state index < -0.39 is 0 Å². The Morgan fingerprint density at radius 1 is 0.269 bits per heavy atom. The summed E-state index contributed by atoms with van der Waals surface area (Å²) >= 11 is 0. The third-order valence-electron chi connectivity index (χ3n) is 13.7. The van der Waals surface area contributed by atoms with Gasteiger partial charge in [0.05, 0.1) is 12.1 Å². The molecule has 2 unspecified atom stereocenters. The fraction of sp³-hybridized carbons (Fsp3) is 0.312. The second kappa shape index (κ2) is 26.2. The lowest BCUT2D eigenvalue weighted by Gasteiger charge is -2.35. The van der Waals surface area contributed by atoms with Gasteiger partial charge in [0.1, 0.15) is 0 Å². The molecule has 0 saturated carbocycles. The molecule has 344 valence electrons. The number of hydrogen-bond acceptors (Lipinski definition) is 3. The molecule has 0 fully saturated rings. The van der Waals surface area contributed by atoms with Crippen LogP contribution in [0.3, 0.4) is 0 Å². The summed E-state index contributed by atoms with van der Waals surface area (Å²) < 4.78 is 6.10. The van der Waals surface area contributed by atoms with Crippen LogP contribution in [0.5, 0.6) is 0 Å². The van der Waals surface area contributed by atoms with E-state index in [1.54, 1.807) is 0 Å². The summed E-state index contributed by atoms with van der Waals surface area (Å²) in [5.74, 6) is 0. The molecular weight excluding hydrogens is 813 g/mol. The summed E-state index contributed by atoms with van der Waals surface area (Å²) in [7, 11) is 0. The molecule has 0 bridgehead atoms. The van der Waals surface area contributed by atoms with Crippen LogP contribution in [-0.4, -0.2) is 13.2 Å². The van der Waals surface area contributed by atoms with Gasteiger partial charge >= 0.3 is 0 Å². The molecule has 0 spiro atoms. The molecule has 0 aliphatic rings. The third kappa shape index (κ3) is 13.5. The van der Waals surface area contributed by atoms with Crippen molar-refractivity contribution < 1.29 is 4.74 Å². The van der Waals surface area contributed by atoms with Gasteiger partial charge in [-0.2, -0.15) is 0 Å². The van der Waals surface area contributed by atoms with E-state index in [4.69, 9.17) is 4.74 Å². The van der Waals surface area contributed by atoms with Crippen LogP contribution in [0.15, 0.2) is 206 Å². The zero-order chi connectivity index (χ0) is 45.6. The Morgan fingerprint density at radius 3 is 0.910 bits per heavy atom. The van der Waals surface area contributed by atoms with Crippen LogP contribution in [0.4, 0.5) is 22.7 Å². The smallest absolute Gasteiger partial charge is 0.0597 e. The molecular formula is C64H72N2O. The highest BCUT2D eigenvalue weighted by Gasteiger charge is 2.25. The van der Waals surface area contributed by atoms with Crippen molar-refractivity contribution in [1.29, 1.82) is 0 Å². The SMILES string of the molecule is c1ccc(N(c2ccccc2)C(CCCCCCCCCOCCCCCCCCCC(c2cccc3ccccc23)N(c2ccccc2)c2ccccc2)c2cccc3ccccc23)cc1. The number of para-hydroxylation sites is 4. The molecule has 2 atom stereocenters. The molecule has 0 saturated heterocycles. The van der Waals surface area contributed by atoms with Gasteiger partial charge < -0.3 is 14.5 Å². The van der Waals surface area contributed by atoms with Crippen LogP contribution in [0.2, 0.25) is 0 Å². The van der Waals surface area contributed by atoms with Gasteiger partial charge in [-0.3, -0.25) is 0 Å². The van der Waals surface area contributed by atoms with Crippen molar-refractivity contribution in [2.24, 2.45) is 0 Å². The number of anilines is 4. The molecule has 3 heteroatoms. The van der Waals surface area contributed by atoms with Crippen molar-refractivity contribution in [2.75, 3.05) is 23.0 Å². The Labute approximate surface area is 402 Å². The predicted octanol–water partition coefficient (Wildman–Crippen LogP) is 18.7. The van der Waals surface area contributed by atoms with Crippen molar-refractivity contribution >= 4 is 44.3 Å². The largest absolute Gasteiger partial charge is 0.381 e. The zero-order valence-electron chi connectivity index (χ0n) is 39.8. The molecule has 8 rings (SSSR count). The van der Waals surface area contributed by atoms with Crippen LogP contribution in [0, 0.1) is 0 Å². The lowest BCUT2D eigenvalue weighted by molar-refractivity contribution is 0.125. The van der Waals surface area contributed by atoms with Crippen molar-refractivity contribution in [1.82, 2.24) is 0 Å². The highest BCUT2D eigenvalue weighted by molar-refractivity contribution is 5.88. The Bertz CT molecular complexity index is 2320. The Kier molecular flexibility index (Phi) is 18.5. The molecule has 8 aromatic rings. The molecule has 0 heterocycles. The van der Waals surface area contributed by atoms with Crippen molar-refractivity contribution in [3.63, 3.8) is 0 Å². The minimum absolute atomic E-state index is 0.246. The minimum atomic E-state index is 0.246. The first-order valence-electron chi connectivity index (χ1n) is 25.7. The minimum Gasteiger partial charge on any atom is -0.381 e. The average molecular weight is 885 g/mol. The Hall–Kier alpha value is -6.16. The van der Waals surface area contributed by atoms with Gasteiger partial charge in [0.25, 0.3) is 0 Å². The fourth-order valence-electron chi connectivity index (χ4n) is 10.3. The van der Waals surface area contributed by atoms with E-state index in [0.29, 0.717) is 0 Å². The van der Waals surface area contributed by atoms with Crippen LogP contribution in [0.25, 0.3) is 21.5 Å². The van der Waals surface area contributed by atoms with Crippen molar-refractivity contribution in [2.45, 2.75) is 115 Å². The van der Waals surface area contributed by atoms with E-state index in [0.717, 1.165) is 26.1 Å². The van der Waals surface area contributed by atoms with Gasteiger partial charge in [0, 0.05) is 36.0 Å². The van der Waals surface area contributed by atoms with E-state index in [-0.39, 0.29) is 12.1 Å². The predicted molar refractivity (Wildman–Crippen MR) is 288 cm³/mol. The van der Waals surface area contributed by atoms with Crippen LogP contribution < -0.4 is 9.80 Å². The van der Waals surface area contributed by atoms with E-state index in [9.17, 15) is 0 Å². The average Bonchev–Trinajstić information content (AvgIpc) is 3.39. The molecule has 8 aromatic carbocycles. The number of unbranched alkanes of at least 4 members (excludes halogenated alkanes) is 12. The molecule has 0 aliphatic carbocycles. The van der Waals surface area contributed by atoms with E-state index in [1.165, 1.54) is 145 Å². The van der Waals surface area contributed by atoms with Gasteiger partial charge in [-0.1, -0.05) is 235 Å². The Morgan fingerprint density at radius 2 is 0.552 bits per heavy atom. The summed E-state index contributed by atoms with van der Waals surface area (Å²) in [5, 5.41) is 5.33. The molecule has 67 heavy (non-hydrogen) atoms. The maximum absolute atomic E-state index is 6.10. The fourth-order valence-corrected chi connectivity index (χ4v) is 10.3. The molecule has 3 nitrogen and oxygen atoms in total. The normalized spacial score (nSPS) is 12.3. The topological polar surface area (TPSA) is 15.7 Å². The first-order chi connectivity index (χ1) is 33.3. The second-order valence-electron chi connectivity index (χ2n) is 18.4. The zero-order valence-corrected chi connectivity index (χ0v) is 39.8. The number of nitrogens with zero attached hydrogens (tertiary/aromatic N) is 2. The maximum Gasteiger partial charge on any atom is 0.0597 e. The first-order valence-corrected chi connectivity index (χ1v) is 25.7. The Balaban J connectivity index is 0.712. The van der Waals surface area contributed by atoms with Gasteiger partial charge in [0.2, 0.25) is 0 Å². The first kappa shape index (κ1) is 47.3. The number of benzene rings is 8. The maximum atomic E-state index is 6.10. The van der Waals surface area contributed by atoms with Crippen molar-refractivity contribution in [3.8, 4) is 0 Å². The molecule has 0 aromatic heterocycles. The van der Waals surface area contributed by atoms with Crippen LogP contribution in [0.1, 0.15) is 126 Å². The number of ether oxygens (including phenoxy) is 1. The monoisotopic (exact) mass is 885 g/mol. The summed E-state index contributed by atoms with van der Waals surface area (Å²) in [5.41, 5.74) is 7.80. The highest BCUT2D eigenvalue weighted by atomic mass is 16.5. The van der Waals surface area contributed by atoms with Gasteiger partial charge in [-0.05, 0) is 107 Å². The number of hydrogen-bond donors (Lipinski definition) is 0. The summed E-state index contributed by atoms with van der Waals surface area (Å²) in [4.78, 5) is 5.14. The molecule has 0 radical (unpaired) electrons. The van der Waals surface area contributed by atoms with Gasteiger partial charge in [-0.15, -0.1) is 0 Å². The number of rotatable bonds is 28. The summed E-state index contributed by atoms with van der Waals surface area (Å²) in [6.45, 7) is 1.81. The summed E-state index contributed by atoms with van der Waals surface area (Å²) in [6.07, 6.45) is 19.9. The summed E-state index contributed by atoms with van der Waals surface area (Å²) in [6, 6.07) is 75.8. The quantitative estimate of drug-likeness (QED) is 0.0456. The van der Waals surface area contributed by atoms with E-state index in [2.05, 4.69) is 216 Å². The van der Waals surface area contributed by atoms with Crippen LogP contribution in [-0.2, 0) is 4.74 Å². The molecule has 0 amide bonds. The van der Waals surface area contributed by atoms with Gasteiger partial charge in [0.15, 0.2) is 0 Å². The highest BCUT2D eigenvalue weighted by Crippen LogP contribution is 2.42. The van der Waals surface area contributed by atoms with E-state index in [1.807, 2.05) is 0 Å². The standard InChI is InChI=1S/C64H72N2O/c1(3-7-23-49-63(61-47-31-35-53-33-25-27-45-59(53)61)65(55-37-15-11-16-38-55)56-39-17-12-18-40-56)5-9-29-51-67-52-30-10-6-2-4-8-24-50-64(62-48-32-36-54-34-26-28-46-60(54)62)66(57-41-19-13-20-42-57)58-43-21-14-22-44-58/h11-22,25-28,31-48,63-64H,1-10,23-24,29-30,49-52H2. The van der Waals surface area contributed by atoms with Gasteiger partial charge in [-0.25, -0.2) is 0 Å². The molecule has 0 N–H and O–H groups in total. The lowest BCUT2D eigenvalue weighted by atomic mass is 9.92. The lowest BCUT2D eigenvalue weighted by Crippen LogP contribution is -2.24. The van der Waals surface area contributed by atoms with Crippen molar-refractivity contribution in [3.05, 3.63) is 217 Å². The number of fused-ring (bicyclic) bond motifs is 2.